The number of thioether (sulfide) groups is 1. The van der Waals surface area contributed by atoms with Gasteiger partial charge in [-0.2, -0.15) is 0 Å². The number of nitro groups is 1. The molecule has 1 aromatic heterocycles. The molecule has 9 nitrogen and oxygen atoms in total. The highest BCUT2D eigenvalue weighted by Gasteiger charge is 2.17. The van der Waals surface area contributed by atoms with E-state index in [4.69, 9.17) is 0 Å². The first-order valence-electron chi connectivity index (χ1n) is 8.51. The lowest BCUT2D eigenvalue weighted by Gasteiger charge is -2.12. The SMILES string of the molecule is CCCSc1ccc(NC(=NCc2ccccn2)NC(=O)OC)c([N+](=O)[O-])c1. The average molecular weight is 403 g/mol. The van der Waals surface area contributed by atoms with Crippen molar-refractivity contribution in [2.45, 2.75) is 24.8 Å². The zero-order chi connectivity index (χ0) is 20.4. The number of hydrogen-bond donors (Lipinski definition) is 2. The van der Waals surface area contributed by atoms with Crippen molar-refractivity contribution in [1.82, 2.24) is 10.3 Å². The predicted molar refractivity (Wildman–Crippen MR) is 109 cm³/mol. The summed E-state index contributed by atoms with van der Waals surface area (Å²) in [6, 6.07) is 10.2. The van der Waals surface area contributed by atoms with Crippen LogP contribution in [0.1, 0.15) is 19.0 Å². The Morgan fingerprint density at radius 3 is 2.82 bits per heavy atom. The number of hydrogen-bond acceptors (Lipinski definition) is 7. The molecule has 0 aliphatic heterocycles. The van der Waals surface area contributed by atoms with Crippen LogP contribution >= 0.6 is 11.8 Å². The summed E-state index contributed by atoms with van der Waals surface area (Å²) in [5.41, 5.74) is 0.773. The minimum Gasteiger partial charge on any atom is -0.453 e. The van der Waals surface area contributed by atoms with E-state index in [1.807, 2.05) is 13.0 Å². The number of rotatable bonds is 7. The van der Waals surface area contributed by atoms with Crippen LogP contribution in [-0.2, 0) is 11.3 Å². The molecule has 2 N–H and O–H groups in total. The third-order valence-corrected chi connectivity index (χ3v) is 4.62. The van der Waals surface area contributed by atoms with E-state index in [1.54, 1.807) is 42.2 Å². The number of carbonyl (C=O) groups excluding carboxylic acids is 1. The number of guanidine groups is 1. The van der Waals surface area contributed by atoms with Gasteiger partial charge in [0.05, 0.1) is 24.3 Å². The molecule has 0 aliphatic carbocycles. The van der Waals surface area contributed by atoms with Crippen LogP contribution in [0.25, 0.3) is 0 Å². The van der Waals surface area contributed by atoms with E-state index in [1.165, 1.54) is 13.2 Å². The number of anilines is 1. The Hall–Kier alpha value is -3.14. The summed E-state index contributed by atoms with van der Waals surface area (Å²) >= 11 is 1.54. The van der Waals surface area contributed by atoms with E-state index in [0.29, 0.717) is 5.69 Å². The maximum atomic E-state index is 11.6. The van der Waals surface area contributed by atoms with Crippen LogP contribution in [0, 0.1) is 10.1 Å². The van der Waals surface area contributed by atoms with Crippen LogP contribution in [0.2, 0.25) is 0 Å². The number of carbonyl (C=O) groups is 1. The Balaban J connectivity index is 2.26. The number of pyridine rings is 1. The largest absolute Gasteiger partial charge is 0.453 e. The summed E-state index contributed by atoms with van der Waals surface area (Å²) in [5, 5.41) is 16.7. The fourth-order valence-electron chi connectivity index (χ4n) is 2.12. The van der Waals surface area contributed by atoms with Crippen molar-refractivity contribution in [3.63, 3.8) is 0 Å². The Morgan fingerprint density at radius 2 is 2.18 bits per heavy atom. The molecule has 0 bridgehead atoms. The lowest BCUT2D eigenvalue weighted by Crippen LogP contribution is -2.36. The normalized spacial score (nSPS) is 11.0. The fraction of sp³-hybridized carbons (Fsp3) is 0.278. The number of ether oxygens (including phenoxy) is 1. The van der Waals surface area contributed by atoms with E-state index >= 15 is 0 Å². The van der Waals surface area contributed by atoms with Gasteiger partial charge in [-0.3, -0.25) is 20.4 Å². The molecule has 0 fully saturated rings. The van der Waals surface area contributed by atoms with Gasteiger partial charge in [0.1, 0.15) is 5.69 Å². The van der Waals surface area contributed by atoms with Gasteiger partial charge >= 0.3 is 6.09 Å². The second kappa shape index (κ2) is 10.9. The second-order valence-corrected chi connectivity index (χ2v) is 6.68. The van der Waals surface area contributed by atoms with Crippen molar-refractivity contribution >= 4 is 35.2 Å². The third-order valence-electron chi connectivity index (χ3n) is 3.42. The average Bonchev–Trinajstić information content (AvgIpc) is 2.71. The van der Waals surface area contributed by atoms with Crippen molar-refractivity contribution in [2.75, 3.05) is 18.2 Å². The Kier molecular flexibility index (Phi) is 8.22. The molecule has 28 heavy (non-hydrogen) atoms. The Labute approximate surface area is 166 Å². The first-order chi connectivity index (χ1) is 13.5. The lowest BCUT2D eigenvalue weighted by atomic mass is 10.2. The quantitative estimate of drug-likeness (QED) is 0.237. The zero-order valence-corrected chi connectivity index (χ0v) is 16.4. The number of aromatic nitrogens is 1. The maximum absolute atomic E-state index is 11.6. The summed E-state index contributed by atoms with van der Waals surface area (Å²) < 4.78 is 4.59. The zero-order valence-electron chi connectivity index (χ0n) is 15.5. The molecular formula is C18H21N5O4S. The molecule has 1 heterocycles. The number of nitro benzene ring substituents is 1. The first-order valence-corrected chi connectivity index (χ1v) is 9.49. The first kappa shape index (κ1) is 21.2. The molecule has 2 rings (SSSR count). The Bertz CT molecular complexity index is 845. The van der Waals surface area contributed by atoms with Crippen LogP contribution in [-0.4, -0.2) is 34.8 Å². The van der Waals surface area contributed by atoms with Gasteiger partial charge in [-0.15, -0.1) is 11.8 Å². The predicted octanol–water partition coefficient (Wildman–Crippen LogP) is 3.82. The number of alkyl carbamates (subject to hydrolysis) is 1. The van der Waals surface area contributed by atoms with E-state index in [2.05, 4.69) is 25.3 Å². The standard InChI is InChI=1S/C18H21N5O4S/c1-3-10-28-14-7-8-15(16(11-14)23(25)26)21-17(22-18(24)27-2)20-12-13-6-4-5-9-19-13/h4-9,11H,3,10,12H2,1-2H3,(H2,20,21,22,24). The lowest BCUT2D eigenvalue weighted by molar-refractivity contribution is -0.384. The van der Waals surface area contributed by atoms with E-state index in [9.17, 15) is 14.9 Å². The summed E-state index contributed by atoms with van der Waals surface area (Å²) in [7, 11) is 1.22. The summed E-state index contributed by atoms with van der Waals surface area (Å²) in [4.78, 5) is 31.8. The van der Waals surface area contributed by atoms with Gasteiger partial charge in [0.25, 0.3) is 5.69 Å². The number of methoxy groups -OCH3 is 1. The van der Waals surface area contributed by atoms with Crippen LogP contribution in [0.15, 0.2) is 52.5 Å². The summed E-state index contributed by atoms with van der Waals surface area (Å²) in [6.07, 6.45) is 1.85. The van der Waals surface area contributed by atoms with E-state index < -0.39 is 11.0 Å². The molecule has 2 aromatic rings. The number of benzene rings is 1. The molecule has 0 atom stereocenters. The van der Waals surface area contributed by atoms with Crippen molar-refractivity contribution in [2.24, 2.45) is 4.99 Å². The molecule has 0 radical (unpaired) electrons. The van der Waals surface area contributed by atoms with Crippen molar-refractivity contribution in [3.05, 3.63) is 58.4 Å². The van der Waals surface area contributed by atoms with Gasteiger partial charge in [0.15, 0.2) is 0 Å². The third kappa shape index (κ3) is 6.54. The van der Waals surface area contributed by atoms with E-state index in [-0.39, 0.29) is 23.9 Å². The second-order valence-electron chi connectivity index (χ2n) is 5.51. The van der Waals surface area contributed by atoms with Crippen LogP contribution in [0.3, 0.4) is 0 Å². The van der Waals surface area contributed by atoms with Crippen molar-refractivity contribution in [1.29, 1.82) is 0 Å². The highest BCUT2D eigenvalue weighted by atomic mass is 32.2. The monoisotopic (exact) mass is 403 g/mol. The van der Waals surface area contributed by atoms with Gasteiger partial charge in [-0.25, -0.2) is 9.79 Å². The van der Waals surface area contributed by atoms with Crippen LogP contribution < -0.4 is 10.6 Å². The van der Waals surface area contributed by atoms with Crippen molar-refractivity contribution < 1.29 is 14.5 Å². The topological polar surface area (TPSA) is 119 Å². The fourth-order valence-corrected chi connectivity index (χ4v) is 2.91. The smallest absolute Gasteiger partial charge is 0.413 e. The minimum absolute atomic E-state index is 0.0227. The molecule has 148 valence electrons. The summed E-state index contributed by atoms with van der Waals surface area (Å²) in [6.45, 7) is 2.21. The molecule has 0 saturated heterocycles. The maximum Gasteiger partial charge on any atom is 0.413 e. The number of nitrogens with zero attached hydrogens (tertiary/aromatic N) is 3. The molecule has 0 spiro atoms. The highest BCUT2D eigenvalue weighted by molar-refractivity contribution is 7.99. The van der Waals surface area contributed by atoms with Gasteiger partial charge < -0.3 is 10.1 Å². The molecule has 0 unspecified atom stereocenters. The van der Waals surface area contributed by atoms with Crippen LogP contribution in [0.4, 0.5) is 16.2 Å². The summed E-state index contributed by atoms with van der Waals surface area (Å²) in [5.74, 6) is 0.888. The molecular weight excluding hydrogens is 382 g/mol. The van der Waals surface area contributed by atoms with Gasteiger partial charge in [-0.05, 0) is 36.4 Å². The molecule has 10 heteroatoms. The molecule has 0 saturated carbocycles. The Morgan fingerprint density at radius 1 is 1.36 bits per heavy atom. The molecule has 0 aliphatic rings. The van der Waals surface area contributed by atoms with Gasteiger partial charge in [0, 0.05) is 17.2 Å². The van der Waals surface area contributed by atoms with E-state index in [0.717, 1.165) is 17.1 Å². The number of nitrogens with one attached hydrogen (secondary N) is 2. The molecule has 1 amide bonds. The van der Waals surface area contributed by atoms with Gasteiger partial charge in [0.2, 0.25) is 5.96 Å². The highest BCUT2D eigenvalue weighted by Crippen LogP contribution is 2.30. The minimum atomic E-state index is -0.745. The molecule has 1 aromatic carbocycles. The van der Waals surface area contributed by atoms with Crippen LogP contribution in [0.5, 0.6) is 0 Å². The van der Waals surface area contributed by atoms with Gasteiger partial charge in [-0.1, -0.05) is 13.0 Å². The number of aliphatic imine (C=N–C) groups is 1. The number of amides is 1. The van der Waals surface area contributed by atoms with Crippen molar-refractivity contribution in [3.8, 4) is 0 Å².